The van der Waals surface area contributed by atoms with E-state index in [-0.39, 0.29) is 16.9 Å². The van der Waals surface area contributed by atoms with Gasteiger partial charge >= 0.3 is 0 Å². The fourth-order valence-electron chi connectivity index (χ4n) is 13.3. The third-order valence-electron chi connectivity index (χ3n) is 16.2. The van der Waals surface area contributed by atoms with Crippen LogP contribution < -0.4 is 0 Å². The quantitative estimate of drug-likeness (QED) is 0.173. The van der Waals surface area contributed by atoms with Crippen LogP contribution >= 0.6 is 0 Å². The summed E-state index contributed by atoms with van der Waals surface area (Å²) >= 11 is 0. The largest absolute Gasteiger partial charge is 0.394 e. The minimum atomic E-state index is -1.75. The molecule has 4 heterocycles. The number of aliphatic hydroxyl groups excluding tert-OH is 8. The highest BCUT2D eigenvalue weighted by Gasteiger charge is 2.69. The van der Waals surface area contributed by atoms with Crippen molar-refractivity contribution < 1.29 is 69.3 Å². The Morgan fingerprint density at radius 3 is 2.09 bits per heavy atom. The fraction of sp³-hybridized carbons (Fsp3) is 1.00. The predicted octanol–water partition coefficient (Wildman–Crippen LogP) is 0.413. The minimum absolute atomic E-state index is 0.0823. The second-order valence-corrected chi connectivity index (χ2v) is 18.9. The number of aliphatic hydroxyl groups is 8. The molecule has 0 aromatic carbocycles. The number of fused-ring (bicyclic) bond motifs is 7. The lowest BCUT2D eigenvalue weighted by Gasteiger charge is -2.62. The van der Waals surface area contributed by atoms with Crippen molar-refractivity contribution in [1.82, 2.24) is 0 Å². The van der Waals surface area contributed by atoms with E-state index in [4.69, 9.17) is 28.4 Å². The number of hydrogen-bond acceptors (Lipinski definition) is 14. The molecular formula is C39H64O14. The van der Waals surface area contributed by atoms with Gasteiger partial charge in [0.15, 0.2) is 18.4 Å². The van der Waals surface area contributed by atoms with Crippen molar-refractivity contribution in [3.05, 3.63) is 0 Å². The maximum atomic E-state index is 11.7. The van der Waals surface area contributed by atoms with Crippen LogP contribution in [0.2, 0.25) is 0 Å². The van der Waals surface area contributed by atoms with E-state index in [1.165, 1.54) is 0 Å². The summed E-state index contributed by atoms with van der Waals surface area (Å²) in [6.07, 6.45) is -7.80. The Morgan fingerprint density at radius 2 is 1.40 bits per heavy atom. The highest BCUT2D eigenvalue weighted by atomic mass is 16.7. The Morgan fingerprint density at radius 1 is 0.698 bits per heavy atom. The predicted molar refractivity (Wildman–Crippen MR) is 184 cm³/mol. The summed E-state index contributed by atoms with van der Waals surface area (Å²) in [5, 5.41) is 84.5. The summed E-state index contributed by atoms with van der Waals surface area (Å²) in [6.45, 7) is 8.96. The molecule has 0 radical (unpaired) electrons. The lowest BCUT2D eigenvalue weighted by molar-refractivity contribution is -0.366. The van der Waals surface area contributed by atoms with Gasteiger partial charge in [-0.2, -0.15) is 0 Å². The molecule has 4 aliphatic carbocycles. The first-order chi connectivity index (χ1) is 25.2. The van der Waals surface area contributed by atoms with E-state index in [2.05, 4.69) is 27.7 Å². The molecule has 53 heavy (non-hydrogen) atoms. The number of hydrogen-bond donors (Lipinski definition) is 8. The Kier molecular flexibility index (Phi) is 10.6. The van der Waals surface area contributed by atoms with E-state index in [0.717, 1.165) is 51.6 Å². The molecule has 304 valence electrons. The Balaban J connectivity index is 0.912. The SMILES string of the molecule is C[C@@H]1CC[C@@]2(OC1)O[C@H]1C[C@H]3[C@@H]4CC[C@H]5C[C@@H](O[C@@H]6O[C@H](CO)[C@H](O[C@@H]7O[C@H](CO)[C@@H](O)[C@H](O)[C@H]7O)[C@H](O)[C@H]6O)[C@H](O)C[C@]5(C)[C@H]4CC[C@]3(C)[C@H]1[C@@H]2C. The van der Waals surface area contributed by atoms with E-state index < -0.39 is 92.6 Å². The molecule has 14 nitrogen and oxygen atoms in total. The topological polar surface area (TPSA) is 217 Å². The normalized spacial score (nSPS) is 59.5. The van der Waals surface area contributed by atoms with E-state index in [9.17, 15) is 40.9 Å². The molecule has 0 unspecified atom stereocenters. The van der Waals surface area contributed by atoms with Gasteiger partial charge in [-0.3, -0.25) is 0 Å². The van der Waals surface area contributed by atoms with Crippen LogP contribution in [0.3, 0.4) is 0 Å². The fourth-order valence-corrected chi connectivity index (χ4v) is 13.3. The van der Waals surface area contributed by atoms with Gasteiger partial charge in [0.2, 0.25) is 0 Å². The van der Waals surface area contributed by atoms with Crippen LogP contribution in [0.25, 0.3) is 0 Å². The van der Waals surface area contributed by atoms with Crippen LogP contribution in [0.15, 0.2) is 0 Å². The lowest BCUT2D eigenvalue weighted by Crippen LogP contribution is -2.65. The van der Waals surface area contributed by atoms with E-state index in [1.807, 2.05) is 0 Å². The zero-order valence-corrected chi connectivity index (χ0v) is 31.6. The molecule has 8 fully saturated rings. The molecule has 8 aliphatic rings. The van der Waals surface area contributed by atoms with Crippen molar-refractivity contribution in [2.24, 2.45) is 52.3 Å². The van der Waals surface area contributed by atoms with Crippen LogP contribution in [-0.4, -0.2) is 146 Å². The van der Waals surface area contributed by atoms with Crippen molar-refractivity contribution in [2.75, 3.05) is 19.8 Å². The van der Waals surface area contributed by atoms with Gasteiger partial charge in [0.1, 0.15) is 48.8 Å². The molecule has 0 aromatic rings. The summed E-state index contributed by atoms with van der Waals surface area (Å²) in [4.78, 5) is 0. The van der Waals surface area contributed by atoms with Crippen molar-refractivity contribution >= 4 is 0 Å². The van der Waals surface area contributed by atoms with Crippen LogP contribution in [0, 0.1) is 52.3 Å². The second kappa shape index (κ2) is 14.4. The summed E-state index contributed by atoms with van der Waals surface area (Å²) in [5.41, 5.74) is 0.118. The van der Waals surface area contributed by atoms with Gasteiger partial charge in [-0.25, -0.2) is 0 Å². The molecule has 1 spiro atoms. The van der Waals surface area contributed by atoms with Crippen LogP contribution in [0.1, 0.15) is 85.5 Å². The van der Waals surface area contributed by atoms with Crippen LogP contribution in [0.5, 0.6) is 0 Å². The average Bonchev–Trinajstić information content (AvgIpc) is 3.58. The summed E-state index contributed by atoms with van der Waals surface area (Å²) in [5.74, 6) is 2.90. The van der Waals surface area contributed by atoms with E-state index in [0.29, 0.717) is 54.3 Å². The molecule has 8 N–H and O–H groups in total. The molecule has 8 rings (SSSR count). The van der Waals surface area contributed by atoms with E-state index >= 15 is 0 Å². The Labute approximate surface area is 312 Å². The van der Waals surface area contributed by atoms with Gasteiger partial charge in [-0.15, -0.1) is 0 Å². The summed E-state index contributed by atoms with van der Waals surface area (Å²) < 4.78 is 36.7. The molecule has 4 aliphatic heterocycles. The zero-order chi connectivity index (χ0) is 37.8. The van der Waals surface area contributed by atoms with Gasteiger partial charge in [-0.1, -0.05) is 27.7 Å². The monoisotopic (exact) mass is 756 g/mol. The van der Waals surface area contributed by atoms with Crippen molar-refractivity contribution in [2.45, 2.75) is 171 Å². The van der Waals surface area contributed by atoms with Gasteiger partial charge < -0.3 is 69.3 Å². The standard InChI is InChI=1S/C39H64O14/c1-17-7-10-39(48-16-17)18(2)28-25(53-39)12-22-20-6-5-19-11-24(23(42)13-38(19,4)21(20)8-9-37(22,28)3)49-35-33(47)31(45)34(27(15-41)51-35)52-36-32(46)30(44)29(43)26(14-40)50-36/h17-36,40-47H,5-16H2,1-4H3/t17-,18+,19+,20-,21+,22+,23-,24-,25+,26-,27-,28+,29-,30+,31-,32-,33-,34+,35-,36+,37+,38+,39-/m1/s1. The number of rotatable bonds is 6. The van der Waals surface area contributed by atoms with Gasteiger partial charge in [-0.05, 0) is 97.7 Å². The van der Waals surface area contributed by atoms with Crippen molar-refractivity contribution in [3.8, 4) is 0 Å². The van der Waals surface area contributed by atoms with Gasteiger partial charge in [0, 0.05) is 12.3 Å². The Bertz CT molecular complexity index is 1290. The highest BCUT2D eigenvalue weighted by Crippen LogP contribution is 2.71. The van der Waals surface area contributed by atoms with E-state index in [1.54, 1.807) is 0 Å². The maximum absolute atomic E-state index is 11.7. The van der Waals surface area contributed by atoms with Gasteiger partial charge in [0.25, 0.3) is 0 Å². The molecule has 14 heteroatoms. The second-order valence-electron chi connectivity index (χ2n) is 18.9. The molecule has 23 atom stereocenters. The smallest absolute Gasteiger partial charge is 0.187 e. The molecular weight excluding hydrogens is 692 g/mol. The summed E-state index contributed by atoms with van der Waals surface area (Å²) in [6, 6.07) is 0. The molecule has 4 saturated heterocycles. The lowest BCUT2D eigenvalue weighted by atomic mass is 9.44. The van der Waals surface area contributed by atoms with Gasteiger partial charge in [0.05, 0.1) is 38.1 Å². The molecule has 4 saturated carbocycles. The molecule has 0 amide bonds. The first kappa shape index (κ1) is 39.3. The maximum Gasteiger partial charge on any atom is 0.187 e. The first-order valence-corrected chi connectivity index (χ1v) is 20.4. The van der Waals surface area contributed by atoms with Crippen molar-refractivity contribution in [1.29, 1.82) is 0 Å². The van der Waals surface area contributed by atoms with Crippen molar-refractivity contribution in [3.63, 3.8) is 0 Å². The molecule has 0 aromatic heterocycles. The highest BCUT2D eigenvalue weighted by molar-refractivity contribution is 5.16. The zero-order valence-electron chi connectivity index (χ0n) is 31.6. The summed E-state index contributed by atoms with van der Waals surface area (Å²) in [7, 11) is 0. The third kappa shape index (κ3) is 6.20. The van der Waals surface area contributed by atoms with Crippen LogP contribution in [0.4, 0.5) is 0 Å². The minimum Gasteiger partial charge on any atom is -0.394 e. The average molecular weight is 757 g/mol. The molecule has 0 bridgehead atoms. The first-order valence-electron chi connectivity index (χ1n) is 20.4. The number of ether oxygens (including phenoxy) is 6. The third-order valence-corrected chi connectivity index (χ3v) is 16.2. The van der Waals surface area contributed by atoms with Crippen LogP contribution in [-0.2, 0) is 28.4 Å². The Hall–Kier alpha value is -0.560.